The second kappa shape index (κ2) is 5.83. The molecule has 0 saturated heterocycles. The van der Waals surface area contributed by atoms with Crippen molar-refractivity contribution in [2.75, 3.05) is 11.5 Å². The monoisotopic (exact) mass is 255 g/mol. The quantitative estimate of drug-likeness (QED) is 0.810. The number of thioether (sulfide) groups is 1. The highest BCUT2D eigenvalue weighted by molar-refractivity contribution is 7.98. The Balaban J connectivity index is 1.82. The van der Waals surface area contributed by atoms with Gasteiger partial charge in [0.25, 0.3) is 0 Å². The summed E-state index contributed by atoms with van der Waals surface area (Å²) in [6.07, 6.45) is 5.67. The second-order valence-electron chi connectivity index (χ2n) is 4.52. The Bertz CT molecular complexity index is 348. The topological polar surface area (TPSA) is 26.0 Å². The van der Waals surface area contributed by atoms with Crippen molar-refractivity contribution in [3.8, 4) is 0 Å². The summed E-state index contributed by atoms with van der Waals surface area (Å²) in [4.78, 5) is 0. The Morgan fingerprint density at radius 1 is 1.31 bits per heavy atom. The van der Waals surface area contributed by atoms with Crippen LogP contribution >= 0.6 is 23.4 Å². The second-order valence-corrected chi connectivity index (χ2v) is 5.95. The molecule has 1 aliphatic carbocycles. The smallest absolute Gasteiger partial charge is 0.0447 e. The summed E-state index contributed by atoms with van der Waals surface area (Å²) in [5.74, 6) is 3.19. The lowest BCUT2D eigenvalue weighted by atomic mass is 10.1. The molecular formula is C13H18ClNS. The fourth-order valence-electron chi connectivity index (χ4n) is 2.22. The van der Waals surface area contributed by atoms with Gasteiger partial charge in [0.05, 0.1) is 0 Å². The van der Waals surface area contributed by atoms with E-state index in [9.17, 15) is 0 Å². The maximum atomic E-state index is 6.12. The highest BCUT2D eigenvalue weighted by Gasteiger charge is 2.14. The van der Waals surface area contributed by atoms with Crippen LogP contribution in [0.25, 0.3) is 0 Å². The van der Waals surface area contributed by atoms with Crippen molar-refractivity contribution in [2.24, 2.45) is 5.92 Å². The molecule has 1 aromatic rings. The summed E-state index contributed by atoms with van der Waals surface area (Å²) in [5.41, 5.74) is 7.73. The summed E-state index contributed by atoms with van der Waals surface area (Å²) in [7, 11) is 0. The van der Waals surface area contributed by atoms with Crippen LogP contribution in [-0.4, -0.2) is 5.75 Å². The van der Waals surface area contributed by atoms with Crippen molar-refractivity contribution in [2.45, 2.75) is 31.4 Å². The summed E-state index contributed by atoms with van der Waals surface area (Å²) in [6.45, 7) is 0. The molecule has 2 N–H and O–H groups in total. The van der Waals surface area contributed by atoms with Crippen LogP contribution in [0.4, 0.5) is 5.69 Å². The minimum atomic E-state index is 0.806. The first kappa shape index (κ1) is 12.1. The zero-order valence-electron chi connectivity index (χ0n) is 9.42. The number of nitrogens with two attached hydrogens (primary N) is 1. The van der Waals surface area contributed by atoms with Crippen molar-refractivity contribution in [3.05, 3.63) is 28.8 Å². The van der Waals surface area contributed by atoms with Crippen LogP contribution in [-0.2, 0) is 5.75 Å². The van der Waals surface area contributed by atoms with Crippen molar-refractivity contribution in [3.63, 3.8) is 0 Å². The molecule has 3 heteroatoms. The predicted molar refractivity (Wildman–Crippen MR) is 74.0 cm³/mol. The Morgan fingerprint density at radius 2 is 2.06 bits per heavy atom. The SMILES string of the molecule is Nc1ccc(Cl)c(CSCC2CCCC2)c1. The van der Waals surface area contributed by atoms with E-state index >= 15 is 0 Å². The van der Waals surface area contributed by atoms with Gasteiger partial charge in [0.15, 0.2) is 0 Å². The lowest BCUT2D eigenvalue weighted by Crippen LogP contribution is -1.97. The van der Waals surface area contributed by atoms with E-state index in [4.69, 9.17) is 17.3 Å². The zero-order chi connectivity index (χ0) is 11.4. The van der Waals surface area contributed by atoms with Gasteiger partial charge in [-0.3, -0.25) is 0 Å². The average Bonchev–Trinajstić information content (AvgIpc) is 2.76. The Hall–Kier alpha value is -0.340. The molecule has 88 valence electrons. The van der Waals surface area contributed by atoms with E-state index in [0.717, 1.165) is 22.4 Å². The predicted octanol–water partition coefficient (Wildman–Crippen LogP) is 4.35. The van der Waals surface area contributed by atoms with E-state index in [1.807, 2.05) is 30.0 Å². The van der Waals surface area contributed by atoms with Gasteiger partial charge in [0, 0.05) is 16.5 Å². The molecule has 0 amide bonds. The fraction of sp³-hybridized carbons (Fsp3) is 0.538. The average molecular weight is 256 g/mol. The van der Waals surface area contributed by atoms with Crippen LogP contribution in [0, 0.1) is 5.92 Å². The minimum Gasteiger partial charge on any atom is -0.399 e. The van der Waals surface area contributed by atoms with Crippen LogP contribution in [0.1, 0.15) is 31.2 Å². The molecule has 16 heavy (non-hydrogen) atoms. The largest absolute Gasteiger partial charge is 0.399 e. The summed E-state index contributed by atoms with van der Waals surface area (Å²) in [5, 5.41) is 0.841. The first-order chi connectivity index (χ1) is 7.75. The third-order valence-corrected chi connectivity index (χ3v) is 4.75. The lowest BCUT2D eigenvalue weighted by molar-refractivity contribution is 0.623. The third kappa shape index (κ3) is 3.33. The number of halogens is 1. The van der Waals surface area contributed by atoms with Gasteiger partial charge in [-0.15, -0.1) is 0 Å². The van der Waals surface area contributed by atoms with Crippen molar-refractivity contribution in [1.29, 1.82) is 0 Å². The number of anilines is 1. The van der Waals surface area contributed by atoms with E-state index < -0.39 is 0 Å². The van der Waals surface area contributed by atoms with E-state index in [2.05, 4.69) is 0 Å². The van der Waals surface area contributed by atoms with Gasteiger partial charge in [-0.25, -0.2) is 0 Å². The van der Waals surface area contributed by atoms with Crippen LogP contribution in [0.15, 0.2) is 18.2 Å². The van der Waals surface area contributed by atoms with Crippen LogP contribution in [0.2, 0.25) is 5.02 Å². The Labute approximate surface area is 107 Å². The molecule has 2 rings (SSSR count). The normalized spacial score (nSPS) is 16.8. The van der Waals surface area contributed by atoms with Gasteiger partial charge in [0.2, 0.25) is 0 Å². The number of nitrogen functional groups attached to an aromatic ring is 1. The number of hydrogen-bond donors (Lipinski definition) is 1. The van der Waals surface area contributed by atoms with Gasteiger partial charge in [-0.05, 0) is 48.3 Å². The van der Waals surface area contributed by atoms with Gasteiger partial charge in [-0.2, -0.15) is 11.8 Å². The molecule has 0 heterocycles. The lowest BCUT2D eigenvalue weighted by Gasteiger charge is -2.09. The summed E-state index contributed by atoms with van der Waals surface area (Å²) in [6, 6.07) is 5.74. The molecule has 0 unspecified atom stereocenters. The summed E-state index contributed by atoms with van der Waals surface area (Å²) >= 11 is 8.11. The standard InChI is InChI=1S/C13H18ClNS/c14-13-6-5-12(15)7-11(13)9-16-8-10-3-1-2-4-10/h5-7,10H,1-4,8-9,15H2. The number of rotatable bonds is 4. The first-order valence-electron chi connectivity index (χ1n) is 5.87. The molecule has 0 spiro atoms. The molecule has 1 aromatic carbocycles. The van der Waals surface area contributed by atoms with Gasteiger partial charge in [-0.1, -0.05) is 24.4 Å². The highest BCUT2D eigenvalue weighted by Crippen LogP contribution is 2.30. The fourth-order valence-corrected chi connectivity index (χ4v) is 3.72. The molecule has 0 aromatic heterocycles. The van der Waals surface area contributed by atoms with E-state index in [1.165, 1.54) is 37.0 Å². The highest BCUT2D eigenvalue weighted by atomic mass is 35.5. The van der Waals surface area contributed by atoms with Gasteiger partial charge in [0.1, 0.15) is 0 Å². The van der Waals surface area contributed by atoms with Crippen LogP contribution < -0.4 is 5.73 Å². The van der Waals surface area contributed by atoms with Crippen molar-refractivity contribution < 1.29 is 0 Å². The number of benzene rings is 1. The maximum Gasteiger partial charge on any atom is 0.0447 e. The van der Waals surface area contributed by atoms with Crippen molar-refractivity contribution >= 4 is 29.1 Å². The molecule has 0 radical (unpaired) electrons. The Morgan fingerprint density at radius 3 is 2.81 bits per heavy atom. The molecule has 0 bridgehead atoms. The van der Waals surface area contributed by atoms with E-state index in [1.54, 1.807) is 0 Å². The molecular weight excluding hydrogens is 238 g/mol. The van der Waals surface area contributed by atoms with Crippen LogP contribution in [0.3, 0.4) is 0 Å². The molecule has 0 atom stereocenters. The minimum absolute atomic E-state index is 0.806. The van der Waals surface area contributed by atoms with E-state index in [-0.39, 0.29) is 0 Å². The molecule has 0 aliphatic heterocycles. The number of hydrogen-bond acceptors (Lipinski definition) is 2. The molecule has 1 aliphatic rings. The zero-order valence-corrected chi connectivity index (χ0v) is 11.0. The Kier molecular flexibility index (Phi) is 4.42. The summed E-state index contributed by atoms with van der Waals surface area (Å²) < 4.78 is 0. The maximum absolute atomic E-state index is 6.12. The van der Waals surface area contributed by atoms with Crippen LogP contribution in [0.5, 0.6) is 0 Å². The first-order valence-corrected chi connectivity index (χ1v) is 7.40. The molecule has 1 fully saturated rings. The van der Waals surface area contributed by atoms with Gasteiger partial charge >= 0.3 is 0 Å². The molecule has 1 nitrogen and oxygen atoms in total. The third-order valence-electron chi connectivity index (χ3n) is 3.16. The van der Waals surface area contributed by atoms with Crippen molar-refractivity contribution in [1.82, 2.24) is 0 Å². The van der Waals surface area contributed by atoms with Gasteiger partial charge < -0.3 is 5.73 Å². The molecule has 1 saturated carbocycles. The van der Waals surface area contributed by atoms with E-state index in [0.29, 0.717) is 0 Å².